The van der Waals surface area contributed by atoms with Gasteiger partial charge in [-0.2, -0.15) is 0 Å². The Hall–Kier alpha value is -1.32. The lowest BCUT2D eigenvalue weighted by atomic mass is 9.76. The number of hydrogen-bond acceptors (Lipinski definition) is 4. The van der Waals surface area contributed by atoms with Gasteiger partial charge in [0.25, 0.3) is 5.79 Å². The SMILES string of the molecule is CCCC/C=C/C1CCCC12C(=O)OC(C)(C)OC2=O. The Labute approximate surface area is 120 Å². The van der Waals surface area contributed by atoms with Crippen molar-refractivity contribution in [1.82, 2.24) is 0 Å². The van der Waals surface area contributed by atoms with Gasteiger partial charge in [-0.25, -0.2) is 0 Å². The molecule has 1 unspecified atom stereocenters. The van der Waals surface area contributed by atoms with E-state index in [9.17, 15) is 9.59 Å². The van der Waals surface area contributed by atoms with Gasteiger partial charge in [-0.15, -0.1) is 0 Å². The van der Waals surface area contributed by atoms with Gasteiger partial charge in [0, 0.05) is 19.8 Å². The minimum absolute atomic E-state index is 0.0875. The molecule has 20 heavy (non-hydrogen) atoms. The second-order valence-corrected chi connectivity index (χ2v) is 6.22. The summed E-state index contributed by atoms with van der Waals surface area (Å²) in [6, 6.07) is 0. The van der Waals surface area contributed by atoms with Gasteiger partial charge in [0.2, 0.25) is 0 Å². The van der Waals surface area contributed by atoms with Crippen LogP contribution in [-0.4, -0.2) is 17.7 Å². The van der Waals surface area contributed by atoms with Crippen molar-refractivity contribution < 1.29 is 19.1 Å². The van der Waals surface area contributed by atoms with Crippen molar-refractivity contribution in [3.8, 4) is 0 Å². The Morgan fingerprint density at radius 2 is 1.90 bits per heavy atom. The number of hydrogen-bond donors (Lipinski definition) is 0. The molecule has 0 aromatic carbocycles. The monoisotopic (exact) mass is 280 g/mol. The first-order valence-corrected chi connectivity index (χ1v) is 7.56. The van der Waals surface area contributed by atoms with E-state index in [-0.39, 0.29) is 5.92 Å². The summed E-state index contributed by atoms with van der Waals surface area (Å²) in [6.45, 7) is 5.33. The first-order valence-electron chi connectivity index (χ1n) is 7.56. The van der Waals surface area contributed by atoms with Gasteiger partial charge in [0.15, 0.2) is 5.41 Å². The smallest absolute Gasteiger partial charge is 0.327 e. The van der Waals surface area contributed by atoms with Crippen LogP contribution in [0.15, 0.2) is 12.2 Å². The standard InChI is InChI=1S/C16H24O4/c1-4-5-6-7-9-12-10-8-11-16(12)13(17)19-15(2,3)20-14(16)18/h7,9,12H,4-6,8,10-11H2,1-3H3/b9-7+. The van der Waals surface area contributed by atoms with E-state index in [2.05, 4.69) is 13.0 Å². The molecule has 1 aliphatic carbocycles. The van der Waals surface area contributed by atoms with Gasteiger partial charge < -0.3 is 9.47 Å². The summed E-state index contributed by atoms with van der Waals surface area (Å²) in [6.07, 6.45) is 9.57. The van der Waals surface area contributed by atoms with Gasteiger partial charge in [0.05, 0.1) is 0 Å². The highest BCUT2D eigenvalue weighted by molar-refractivity contribution is 6.02. The molecule has 2 rings (SSSR count). The summed E-state index contributed by atoms with van der Waals surface area (Å²) in [5.41, 5.74) is -1.10. The normalized spacial score (nSPS) is 27.9. The molecule has 2 aliphatic rings. The van der Waals surface area contributed by atoms with Crippen molar-refractivity contribution in [2.75, 3.05) is 0 Å². The molecule has 0 radical (unpaired) electrons. The fourth-order valence-electron chi connectivity index (χ4n) is 3.12. The van der Waals surface area contributed by atoms with Gasteiger partial charge >= 0.3 is 11.9 Å². The highest BCUT2D eigenvalue weighted by atomic mass is 16.7. The molecule has 4 heteroatoms. The highest BCUT2D eigenvalue weighted by Crippen LogP contribution is 2.49. The molecule has 2 fully saturated rings. The van der Waals surface area contributed by atoms with Crippen LogP contribution in [0.4, 0.5) is 0 Å². The molecular formula is C16H24O4. The van der Waals surface area contributed by atoms with E-state index in [1.54, 1.807) is 13.8 Å². The number of carbonyl (C=O) groups excluding carboxylic acids is 2. The summed E-state index contributed by atoms with van der Waals surface area (Å²) in [7, 11) is 0. The zero-order chi connectivity index (χ0) is 14.8. The molecule has 1 spiro atoms. The molecular weight excluding hydrogens is 256 g/mol. The second kappa shape index (κ2) is 5.58. The Bertz CT molecular complexity index is 402. The number of cyclic esters (lactones) is 2. The molecule has 0 amide bonds. The van der Waals surface area contributed by atoms with Crippen molar-refractivity contribution in [2.45, 2.75) is 65.1 Å². The average molecular weight is 280 g/mol. The average Bonchev–Trinajstić information content (AvgIpc) is 2.76. The third-order valence-electron chi connectivity index (χ3n) is 4.22. The molecule has 0 N–H and O–H groups in total. The van der Waals surface area contributed by atoms with Gasteiger partial charge in [-0.3, -0.25) is 9.59 Å². The predicted octanol–water partition coefficient (Wildman–Crippen LogP) is 3.36. The summed E-state index contributed by atoms with van der Waals surface area (Å²) >= 11 is 0. The Balaban J connectivity index is 2.17. The predicted molar refractivity (Wildman–Crippen MR) is 74.7 cm³/mol. The van der Waals surface area contributed by atoms with Gasteiger partial charge in [-0.1, -0.05) is 38.3 Å². The molecule has 1 atom stereocenters. The van der Waals surface area contributed by atoms with Crippen LogP contribution in [0, 0.1) is 11.3 Å². The number of rotatable bonds is 4. The van der Waals surface area contributed by atoms with Gasteiger partial charge in [0.1, 0.15) is 0 Å². The van der Waals surface area contributed by atoms with E-state index >= 15 is 0 Å². The van der Waals surface area contributed by atoms with Crippen molar-refractivity contribution in [3.63, 3.8) is 0 Å². The number of esters is 2. The van der Waals surface area contributed by atoms with E-state index in [0.717, 1.165) is 32.1 Å². The van der Waals surface area contributed by atoms with Crippen molar-refractivity contribution in [2.24, 2.45) is 11.3 Å². The third-order valence-corrected chi connectivity index (χ3v) is 4.22. The molecule has 0 bridgehead atoms. The first-order chi connectivity index (χ1) is 9.42. The van der Waals surface area contributed by atoms with Crippen LogP contribution >= 0.6 is 0 Å². The van der Waals surface area contributed by atoms with Crippen molar-refractivity contribution in [3.05, 3.63) is 12.2 Å². The minimum atomic E-state index is -1.14. The van der Waals surface area contributed by atoms with Crippen LogP contribution < -0.4 is 0 Å². The second-order valence-electron chi connectivity index (χ2n) is 6.22. The maximum Gasteiger partial charge on any atom is 0.327 e. The topological polar surface area (TPSA) is 52.6 Å². The van der Waals surface area contributed by atoms with Crippen LogP contribution in [0.2, 0.25) is 0 Å². The molecule has 1 aliphatic heterocycles. The Kier molecular flexibility index (Phi) is 4.21. The molecule has 4 nitrogen and oxygen atoms in total. The molecule has 0 aromatic heterocycles. The highest BCUT2D eigenvalue weighted by Gasteiger charge is 2.61. The largest absolute Gasteiger partial charge is 0.422 e. The van der Waals surface area contributed by atoms with E-state index < -0.39 is 23.1 Å². The van der Waals surface area contributed by atoms with E-state index in [4.69, 9.17) is 9.47 Å². The quantitative estimate of drug-likeness (QED) is 0.343. The minimum Gasteiger partial charge on any atom is -0.422 e. The lowest BCUT2D eigenvalue weighted by Crippen LogP contribution is -2.55. The van der Waals surface area contributed by atoms with Gasteiger partial charge in [-0.05, 0) is 19.3 Å². The maximum absolute atomic E-state index is 12.4. The summed E-state index contributed by atoms with van der Waals surface area (Å²) in [5.74, 6) is -2.06. The van der Waals surface area contributed by atoms with Crippen LogP contribution in [0.25, 0.3) is 0 Å². The lowest BCUT2D eigenvalue weighted by molar-refractivity contribution is -0.252. The molecule has 1 saturated carbocycles. The fraction of sp³-hybridized carbons (Fsp3) is 0.750. The first kappa shape index (κ1) is 15.1. The molecule has 112 valence electrons. The summed E-state index contributed by atoms with van der Waals surface area (Å²) in [4.78, 5) is 24.8. The Morgan fingerprint density at radius 3 is 2.50 bits per heavy atom. The van der Waals surface area contributed by atoms with Crippen LogP contribution in [0.5, 0.6) is 0 Å². The van der Waals surface area contributed by atoms with Crippen LogP contribution in [-0.2, 0) is 19.1 Å². The number of allylic oxidation sites excluding steroid dienone is 2. The molecule has 1 saturated heterocycles. The number of carbonyl (C=O) groups is 2. The van der Waals surface area contributed by atoms with Crippen molar-refractivity contribution in [1.29, 1.82) is 0 Å². The van der Waals surface area contributed by atoms with Crippen molar-refractivity contribution >= 4 is 11.9 Å². The zero-order valence-corrected chi connectivity index (χ0v) is 12.6. The summed E-state index contributed by atoms with van der Waals surface area (Å²) < 4.78 is 10.6. The van der Waals surface area contributed by atoms with E-state index in [1.807, 2.05) is 6.08 Å². The molecule has 0 aromatic rings. The number of ether oxygens (including phenoxy) is 2. The summed E-state index contributed by atoms with van der Waals surface area (Å²) in [5, 5.41) is 0. The fourth-order valence-corrected chi connectivity index (χ4v) is 3.12. The molecule has 1 heterocycles. The lowest BCUT2D eigenvalue weighted by Gasteiger charge is -2.40. The van der Waals surface area contributed by atoms with Crippen LogP contribution in [0.1, 0.15) is 59.3 Å². The number of unbranched alkanes of at least 4 members (excludes halogenated alkanes) is 2. The Morgan fingerprint density at radius 1 is 1.25 bits per heavy atom. The van der Waals surface area contributed by atoms with E-state index in [0.29, 0.717) is 6.42 Å². The zero-order valence-electron chi connectivity index (χ0n) is 12.6. The van der Waals surface area contributed by atoms with E-state index in [1.165, 1.54) is 0 Å². The van der Waals surface area contributed by atoms with Crippen LogP contribution in [0.3, 0.4) is 0 Å². The maximum atomic E-state index is 12.4. The third kappa shape index (κ3) is 2.60.